The summed E-state index contributed by atoms with van der Waals surface area (Å²) in [5.41, 5.74) is 6.43. The number of anilines is 2. The Morgan fingerprint density at radius 1 is 0.706 bits per heavy atom. The van der Waals surface area contributed by atoms with Crippen LogP contribution in [0.2, 0.25) is 0 Å². The fourth-order valence-electron chi connectivity index (χ4n) is 4.80. The number of carboxylic acid groups (broad SMARTS) is 1. The van der Waals surface area contributed by atoms with Crippen LogP contribution in [0.3, 0.4) is 0 Å². The molecular formula is C26H33NO7. The summed E-state index contributed by atoms with van der Waals surface area (Å²) >= 11 is 0. The van der Waals surface area contributed by atoms with Crippen molar-refractivity contribution in [2.45, 2.75) is 33.6 Å². The van der Waals surface area contributed by atoms with Gasteiger partial charge in [0, 0.05) is 11.1 Å². The van der Waals surface area contributed by atoms with Gasteiger partial charge >= 0.3 is 5.97 Å². The van der Waals surface area contributed by atoms with Crippen LogP contribution in [0, 0.1) is 27.7 Å². The molecule has 8 nitrogen and oxygen atoms in total. The second-order valence-electron chi connectivity index (χ2n) is 8.69. The first-order chi connectivity index (χ1) is 16.4. The molecule has 0 amide bonds. The quantitative estimate of drug-likeness (QED) is 0.644. The van der Waals surface area contributed by atoms with E-state index in [1.165, 1.54) is 0 Å². The normalized spacial score (nSPS) is 17.5. The van der Waals surface area contributed by atoms with Crippen molar-refractivity contribution in [2.24, 2.45) is 0 Å². The van der Waals surface area contributed by atoms with Gasteiger partial charge in [-0.3, -0.25) is 4.79 Å². The minimum atomic E-state index is -0.909. The molecule has 34 heavy (non-hydrogen) atoms. The zero-order valence-corrected chi connectivity index (χ0v) is 20.3. The maximum atomic E-state index is 12.7. The highest BCUT2D eigenvalue weighted by Gasteiger charge is 2.38. The third-order valence-corrected chi connectivity index (χ3v) is 6.19. The predicted octanol–water partition coefficient (Wildman–Crippen LogP) is 4.01. The minimum absolute atomic E-state index is 0.335. The van der Waals surface area contributed by atoms with E-state index in [-0.39, 0.29) is 0 Å². The fraction of sp³-hybridized carbons (Fsp3) is 0.500. The molecule has 2 heterocycles. The molecule has 0 aliphatic carbocycles. The Morgan fingerprint density at radius 3 is 1.47 bits per heavy atom. The van der Waals surface area contributed by atoms with Gasteiger partial charge in [-0.25, -0.2) is 0 Å². The van der Waals surface area contributed by atoms with Crippen molar-refractivity contribution < 1.29 is 33.6 Å². The molecule has 0 fully saturated rings. The Labute approximate surface area is 200 Å². The van der Waals surface area contributed by atoms with Gasteiger partial charge in [-0.05, 0) is 49.9 Å². The molecular weight excluding hydrogens is 438 g/mol. The third kappa shape index (κ3) is 4.85. The molecule has 0 saturated heterocycles. The van der Waals surface area contributed by atoms with Gasteiger partial charge in [0.25, 0.3) is 0 Å². The van der Waals surface area contributed by atoms with E-state index in [9.17, 15) is 9.90 Å². The number of aliphatic carboxylic acids is 1. The van der Waals surface area contributed by atoms with E-state index in [2.05, 4.69) is 5.32 Å². The van der Waals surface area contributed by atoms with Crippen molar-refractivity contribution >= 4 is 17.3 Å². The predicted molar refractivity (Wildman–Crippen MR) is 128 cm³/mol. The number of hydrogen-bond acceptors (Lipinski definition) is 7. The van der Waals surface area contributed by atoms with E-state index in [1.807, 2.05) is 39.8 Å². The van der Waals surface area contributed by atoms with Gasteiger partial charge in [0.2, 0.25) is 0 Å². The monoisotopic (exact) mass is 471 g/mol. The van der Waals surface area contributed by atoms with Gasteiger partial charge in [-0.2, -0.15) is 0 Å². The maximum absolute atomic E-state index is 12.7. The smallest absolute Gasteiger partial charge is 0.315 e. The molecule has 0 radical (unpaired) electrons. The number of hydrogen-bond donors (Lipinski definition) is 2. The molecule has 0 atom stereocenters. The van der Waals surface area contributed by atoms with Gasteiger partial charge in [0.15, 0.2) is 0 Å². The molecule has 2 aliphatic rings. The molecule has 8 heteroatoms. The lowest BCUT2D eigenvalue weighted by molar-refractivity contribution is -0.137. The maximum Gasteiger partial charge on any atom is 0.315 e. The standard InChI is InChI=1S/C26H33NO7/c1-15-13-17(3)24-22-19(15)21(26(28)29)20-16(2)14-18(4)25(23(20)27-22)34-12-10-32-8-6-30-5-7-31-9-11-33-24/h13-14,21,27H,5-12H2,1-4H3,(H,28,29). The van der Waals surface area contributed by atoms with E-state index in [4.69, 9.17) is 23.7 Å². The highest BCUT2D eigenvalue weighted by molar-refractivity contribution is 5.95. The first-order valence-electron chi connectivity index (χ1n) is 11.7. The Bertz CT molecular complexity index is 991. The summed E-state index contributed by atoms with van der Waals surface area (Å²) in [5.74, 6) is -0.486. The fourth-order valence-corrected chi connectivity index (χ4v) is 4.80. The number of benzene rings is 2. The lowest BCUT2D eigenvalue weighted by atomic mass is 9.79. The number of rotatable bonds is 1. The van der Waals surface area contributed by atoms with Crippen molar-refractivity contribution in [3.63, 3.8) is 0 Å². The van der Waals surface area contributed by atoms with Crippen LogP contribution in [0.1, 0.15) is 39.3 Å². The van der Waals surface area contributed by atoms with Crippen molar-refractivity contribution in [1.29, 1.82) is 0 Å². The Hall–Kier alpha value is -2.81. The molecule has 0 spiro atoms. The van der Waals surface area contributed by atoms with Crippen LogP contribution in [0.25, 0.3) is 0 Å². The minimum Gasteiger partial charge on any atom is -0.489 e. The number of aryl methyl sites for hydroxylation is 4. The highest BCUT2D eigenvalue weighted by atomic mass is 16.6. The SMILES string of the molecule is Cc1cc(C)c2c3c1OCCOCCOCCOCCOc1c(C)cc(C)c(c1N3)C2C(=O)O. The van der Waals surface area contributed by atoms with Gasteiger partial charge in [0.1, 0.15) is 30.6 Å². The summed E-state index contributed by atoms with van der Waals surface area (Å²) < 4.78 is 29.1. The number of carbonyl (C=O) groups is 1. The molecule has 2 bridgehead atoms. The summed E-state index contributed by atoms with van der Waals surface area (Å²) in [6.07, 6.45) is 0. The van der Waals surface area contributed by atoms with Crippen LogP contribution < -0.4 is 14.8 Å². The molecule has 2 aliphatic heterocycles. The Morgan fingerprint density at radius 2 is 1.09 bits per heavy atom. The summed E-state index contributed by atoms with van der Waals surface area (Å²) in [5, 5.41) is 13.9. The molecule has 2 aromatic carbocycles. The topological polar surface area (TPSA) is 95.5 Å². The largest absolute Gasteiger partial charge is 0.489 e. The Balaban J connectivity index is 1.83. The summed E-state index contributed by atoms with van der Waals surface area (Å²) in [6, 6.07) is 3.96. The summed E-state index contributed by atoms with van der Waals surface area (Å²) in [7, 11) is 0. The average Bonchev–Trinajstić information content (AvgIpc) is 2.78. The van der Waals surface area contributed by atoms with Crippen LogP contribution in [-0.2, 0) is 19.0 Å². The second-order valence-corrected chi connectivity index (χ2v) is 8.69. The van der Waals surface area contributed by atoms with Gasteiger partial charge < -0.3 is 34.1 Å². The Kier molecular flexibility index (Phi) is 7.60. The zero-order valence-electron chi connectivity index (χ0n) is 20.3. The lowest BCUT2D eigenvalue weighted by Crippen LogP contribution is -2.25. The van der Waals surface area contributed by atoms with Crippen LogP contribution in [0.15, 0.2) is 12.1 Å². The van der Waals surface area contributed by atoms with E-state index < -0.39 is 11.9 Å². The van der Waals surface area contributed by atoms with E-state index in [0.717, 1.165) is 22.3 Å². The summed E-state index contributed by atoms with van der Waals surface area (Å²) in [6.45, 7) is 11.2. The van der Waals surface area contributed by atoms with Crippen molar-refractivity contribution in [3.8, 4) is 11.5 Å². The van der Waals surface area contributed by atoms with Gasteiger partial charge in [-0.1, -0.05) is 12.1 Å². The van der Waals surface area contributed by atoms with Gasteiger partial charge in [0.05, 0.1) is 51.0 Å². The molecule has 0 aromatic heterocycles. The second kappa shape index (κ2) is 10.6. The van der Waals surface area contributed by atoms with Crippen molar-refractivity contribution in [2.75, 3.05) is 58.2 Å². The molecule has 0 unspecified atom stereocenters. The van der Waals surface area contributed by atoms with Gasteiger partial charge in [-0.15, -0.1) is 0 Å². The highest BCUT2D eigenvalue weighted by Crippen LogP contribution is 2.52. The van der Waals surface area contributed by atoms with Crippen LogP contribution in [-0.4, -0.2) is 63.9 Å². The molecule has 0 saturated carbocycles. The van der Waals surface area contributed by atoms with Crippen LogP contribution >= 0.6 is 0 Å². The van der Waals surface area contributed by atoms with E-state index in [0.29, 0.717) is 86.9 Å². The summed E-state index contributed by atoms with van der Waals surface area (Å²) in [4.78, 5) is 12.7. The molecule has 2 N–H and O–H groups in total. The van der Waals surface area contributed by atoms with E-state index in [1.54, 1.807) is 0 Å². The number of carboxylic acids is 1. The molecule has 2 aromatic rings. The van der Waals surface area contributed by atoms with E-state index >= 15 is 0 Å². The lowest BCUT2D eigenvalue weighted by Gasteiger charge is -2.33. The zero-order chi connectivity index (χ0) is 24.2. The number of ether oxygens (including phenoxy) is 5. The van der Waals surface area contributed by atoms with Crippen molar-refractivity contribution in [3.05, 3.63) is 45.5 Å². The van der Waals surface area contributed by atoms with Crippen molar-refractivity contribution in [1.82, 2.24) is 0 Å². The number of nitrogens with one attached hydrogen (secondary N) is 1. The average molecular weight is 472 g/mol. The first kappa shape index (κ1) is 24.3. The van der Waals surface area contributed by atoms with Crippen LogP contribution in [0.4, 0.5) is 11.4 Å². The van der Waals surface area contributed by atoms with Crippen LogP contribution in [0.5, 0.6) is 11.5 Å². The third-order valence-electron chi connectivity index (χ3n) is 6.19. The molecule has 184 valence electrons. The first-order valence-corrected chi connectivity index (χ1v) is 11.7. The molecule has 4 rings (SSSR count).